The molecule has 126 valence electrons. The van der Waals surface area contributed by atoms with Crippen LogP contribution in [0.1, 0.15) is 24.5 Å². The van der Waals surface area contributed by atoms with Gasteiger partial charge in [0.2, 0.25) is 0 Å². The van der Waals surface area contributed by atoms with Crippen LogP contribution in [0.4, 0.5) is 0 Å². The molecule has 5 heteroatoms. The first kappa shape index (κ1) is 14.3. The summed E-state index contributed by atoms with van der Waals surface area (Å²) in [6, 6.07) is 4.57. The van der Waals surface area contributed by atoms with E-state index in [1.54, 1.807) is 7.11 Å². The van der Waals surface area contributed by atoms with Crippen molar-refractivity contribution in [3.05, 3.63) is 35.4 Å². The molecule has 0 aromatic heterocycles. The van der Waals surface area contributed by atoms with Gasteiger partial charge in [-0.05, 0) is 37.1 Å². The van der Waals surface area contributed by atoms with Gasteiger partial charge in [0.1, 0.15) is 6.10 Å². The van der Waals surface area contributed by atoms with Gasteiger partial charge in [-0.25, -0.2) is 0 Å². The lowest BCUT2D eigenvalue weighted by Gasteiger charge is -2.54. The maximum Gasteiger partial charge on any atom is 0.303 e. The van der Waals surface area contributed by atoms with Crippen LogP contribution in [-0.2, 0) is 21.4 Å². The van der Waals surface area contributed by atoms with Crippen LogP contribution >= 0.6 is 0 Å². The fourth-order valence-electron chi connectivity index (χ4n) is 5.40. The molecule has 1 aromatic carbocycles. The van der Waals surface area contributed by atoms with Crippen LogP contribution in [0.25, 0.3) is 0 Å². The maximum atomic E-state index is 11.6. The Labute approximate surface area is 141 Å². The second-order valence-electron chi connectivity index (χ2n) is 7.21. The first-order valence-corrected chi connectivity index (χ1v) is 8.61. The molecule has 2 bridgehead atoms. The van der Waals surface area contributed by atoms with Crippen molar-refractivity contribution in [2.75, 3.05) is 13.7 Å². The van der Waals surface area contributed by atoms with E-state index < -0.39 is 0 Å². The summed E-state index contributed by atoms with van der Waals surface area (Å²) in [5.74, 6) is 1.72. The van der Waals surface area contributed by atoms with Gasteiger partial charge in [0, 0.05) is 29.9 Å². The van der Waals surface area contributed by atoms with Gasteiger partial charge in [-0.15, -0.1) is 0 Å². The molecule has 1 aromatic rings. The number of nitrogens with one attached hydrogen (secondary N) is 1. The van der Waals surface area contributed by atoms with Crippen molar-refractivity contribution in [3.8, 4) is 11.5 Å². The molecule has 1 saturated heterocycles. The summed E-state index contributed by atoms with van der Waals surface area (Å²) >= 11 is 0. The fraction of sp³-hybridized carbons (Fsp3) is 0.526. The molecule has 1 fully saturated rings. The highest BCUT2D eigenvalue weighted by Crippen LogP contribution is 2.61. The predicted octanol–water partition coefficient (Wildman–Crippen LogP) is 1.73. The van der Waals surface area contributed by atoms with E-state index >= 15 is 0 Å². The third kappa shape index (κ3) is 1.61. The molecule has 5 rings (SSSR count). The molecule has 5 atom stereocenters. The summed E-state index contributed by atoms with van der Waals surface area (Å²) in [6.45, 7) is 2.41. The normalized spacial score (nSPS) is 37.4. The summed E-state index contributed by atoms with van der Waals surface area (Å²) in [5.41, 5.74) is 2.50. The Morgan fingerprint density at radius 2 is 2.25 bits per heavy atom. The molecule has 2 aliphatic carbocycles. The van der Waals surface area contributed by atoms with E-state index in [0.29, 0.717) is 12.0 Å². The quantitative estimate of drug-likeness (QED) is 0.662. The van der Waals surface area contributed by atoms with Crippen LogP contribution in [0, 0.1) is 5.92 Å². The van der Waals surface area contributed by atoms with E-state index in [4.69, 9.17) is 14.2 Å². The molecule has 5 nitrogen and oxygen atoms in total. The Balaban J connectivity index is 1.74. The van der Waals surface area contributed by atoms with Crippen LogP contribution < -0.4 is 14.8 Å². The molecule has 24 heavy (non-hydrogen) atoms. The van der Waals surface area contributed by atoms with E-state index in [-0.39, 0.29) is 23.6 Å². The molecule has 0 unspecified atom stereocenters. The zero-order chi connectivity index (χ0) is 16.5. The van der Waals surface area contributed by atoms with Crippen LogP contribution in [0.2, 0.25) is 0 Å². The fourth-order valence-corrected chi connectivity index (χ4v) is 5.40. The third-order valence-corrected chi connectivity index (χ3v) is 6.17. The summed E-state index contributed by atoms with van der Waals surface area (Å²) < 4.78 is 17.6. The maximum absolute atomic E-state index is 11.6. The number of piperidine rings is 1. The molecule has 4 aliphatic rings. The molecule has 2 aliphatic heterocycles. The summed E-state index contributed by atoms with van der Waals surface area (Å²) in [7, 11) is 1.68. The highest BCUT2D eigenvalue weighted by molar-refractivity contribution is 5.67. The largest absolute Gasteiger partial charge is 0.493 e. The smallest absolute Gasteiger partial charge is 0.303 e. The number of rotatable bonds is 2. The molecular formula is C19H21NO4. The van der Waals surface area contributed by atoms with Crippen molar-refractivity contribution < 1.29 is 19.0 Å². The number of ether oxygens (including phenoxy) is 3. The number of esters is 1. The van der Waals surface area contributed by atoms with Crippen LogP contribution in [-0.4, -0.2) is 37.9 Å². The van der Waals surface area contributed by atoms with E-state index in [1.165, 1.54) is 18.1 Å². The van der Waals surface area contributed by atoms with Gasteiger partial charge in [-0.2, -0.15) is 0 Å². The zero-order valence-electron chi connectivity index (χ0n) is 13.9. The number of carbonyl (C=O) groups excluding carboxylic acids is 1. The van der Waals surface area contributed by atoms with Crippen LogP contribution in [0.5, 0.6) is 11.5 Å². The van der Waals surface area contributed by atoms with Gasteiger partial charge in [0.05, 0.1) is 7.11 Å². The molecule has 2 heterocycles. The Morgan fingerprint density at radius 3 is 3.04 bits per heavy atom. The number of hydrogen-bond donors (Lipinski definition) is 1. The monoisotopic (exact) mass is 327 g/mol. The van der Waals surface area contributed by atoms with Gasteiger partial charge in [-0.1, -0.05) is 12.1 Å². The minimum Gasteiger partial charge on any atom is -0.493 e. The van der Waals surface area contributed by atoms with Gasteiger partial charge < -0.3 is 19.5 Å². The lowest BCUT2D eigenvalue weighted by atomic mass is 9.53. The Morgan fingerprint density at radius 1 is 1.38 bits per heavy atom. The molecule has 0 saturated carbocycles. The minimum absolute atomic E-state index is 0.123. The zero-order valence-corrected chi connectivity index (χ0v) is 13.9. The van der Waals surface area contributed by atoms with Gasteiger partial charge in [0.25, 0.3) is 0 Å². The third-order valence-electron chi connectivity index (χ3n) is 6.17. The molecular weight excluding hydrogens is 306 g/mol. The van der Waals surface area contributed by atoms with Crippen molar-refractivity contribution >= 4 is 5.97 Å². The summed E-state index contributed by atoms with van der Waals surface area (Å²) in [4.78, 5) is 11.6. The number of benzene rings is 1. The average Bonchev–Trinajstić information content (AvgIpc) is 2.89. The lowest BCUT2D eigenvalue weighted by Crippen LogP contribution is -2.65. The average molecular weight is 327 g/mol. The summed E-state index contributed by atoms with van der Waals surface area (Å²) in [5, 5.41) is 3.67. The lowest BCUT2D eigenvalue weighted by molar-refractivity contribution is -0.151. The molecule has 1 N–H and O–H groups in total. The highest BCUT2D eigenvalue weighted by atomic mass is 16.6. The van der Waals surface area contributed by atoms with E-state index in [1.807, 2.05) is 12.1 Å². The van der Waals surface area contributed by atoms with Crippen molar-refractivity contribution in [1.82, 2.24) is 5.32 Å². The first-order valence-electron chi connectivity index (χ1n) is 8.61. The second-order valence-corrected chi connectivity index (χ2v) is 7.21. The SMILES string of the molecule is COc1ccc2c3c1O[C@H]1[C@@H](OC(C)=O)C=C[C@H]4[C@@H](C2)NCC[C@@]341. The molecule has 1 spiro atoms. The van der Waals surface area contributed by atoms with Crippen molar-refractivity contribution in [1.29, 1.82) is 0 Å². The van der Waals surface area contributed by atoms with Crippen LogP contribution in [0.3, 0.4) is 0 Å². The second kappa shape index (κ2) is 4.76. The van der Waals surface area contributed by atoms with E-state index in [0.717, 1.165) is 30.9 Å². The molecule has 0 radical (unpaired) electrons. The topological polar surface area (TPSA) is 56.8 Å². The minimum atomic E-state index is -0.347. The first-order chi connectivity index (χ1) is 11.6. The Kier molecular flexibility index (Phi) is 2.84. The number of methoxy groups -OCH3 is 1. The van der Waals surface area contributed by atoms with Gasteiger partial charge in [0.15, 0.2) is 17.6 Å². The summed E-state index contributed by atoms with van der Waals surface area (Å²) in [6.07, 6.45) is 5.71. The molecule has 0 amide bonds. The van der Waals surface area contributed by atoms with Gasteiger partial charge in [-0.3, -0.25) is 4.79 Å². The Hall–Kier alpha value is -2.01. The number of carbonyl (C=O) groups is 1. The standard InChI is InChI=1S/C19H21NO4/c1-10(21)23-15-6-4-12-13-9-11-3-5-14(22-2)17-16(11)19(12,7-8-20-13)18(15)24-17/h3-6,12-13,15,18,20H,7-9H2,1-2H3/t12-,13+,15-,18-,19-/m0/s1. The van der Waals surface area contributed by atoms with Crippen molar-refractivity contribution in [3.63, 3.8) is 0 Å². The predicted molar refractivity (Wildman–Crippen MR) is 87.4 cm³/mol. The van der Waals surface area contributed by atoms with Crippen molar-refractivity contribution in [2.45, 2.75) is 43.4 Å². The van der Waals surface area contributed by atoms with Crippen molar-refractivity contribution in [2.24, 2.45) is 5.92 Å². The van der Waals surface area contributed by atoms with Gasteiger partial charge >= 0.3 is 5.97 Å². The Bertz CT molecular complexity index is 758. The highest BCUT2D eigenvalue weighted by Gasteiger charge is 2.64. The van der Waals surface area contributed by atoms with Crippen LogP contribution in [0.15, 0.2) is 24.3 Å². The number of hydrogen-bond acceptors (Lipinski definition) is 5. The van der Waals surface area contributed by atoms with E-state index in [9.17, 15) is 4.79 Å². The van der Waals surface area contributed by atoms with E-state index in [2.05, 4.69) is 17.5 Å².